The molecule has 0 saturated carbocycles. The normalized spacial score (nSPS) is 17.1. The van der Waals surface area contributed by atoms with Gasteiger partial charge in [0.15, 0.2) is 5.78 Å². The number of carbonyl (C=O) groups is 1. The molecule has 0 aliphatic carbocycles. The molecule has 1 saturated heterocycles. The Balaban J connectivity index is 1.58. The summed E-state index contributed by atoms with van der Waals surface area (Å²) in [6, 6.07) is 11.1. The van der Waals surface area contributed by atoms with Crippen LogP contribution < -0.4 is 10.2 Å². The summed E-state index contributed by atoms with van der Waals surface area (Å²) >= 11 is 0. The molecule has 1 N–H and O–H groups in total. The third kappa shape index (κ3) is 2.41. The molecule has 1 fully saturated rings. The molecular formula is C20H19FN4O. The molecule has 5 rings (SSSR count). The second-order valence-corrected chi connectivity index (χ2v) is 6.87. The summed E-state index contributed by atoms with van der Waals surface area (Å²) in [6.45, 7) is 4.59. The van der Waals surface area contributed by atoms with Crippen LogP contribution in [0.3, 0.4) is 0 Å². The van der Waals surface area contributed by atoms with Crippen LogP contribution in [0.4, 0.5) is 10.1 Å². The Hall–Kier alpha value is -2.73. The lowest BCUT2D eigenvalue weighted by Gasteiger charge is -2.29. The quantitative estimate of drug-likeness (QED) is 0.772. The average molecular weight is 350 g/mol. The van der Waals surface area contributed by atoms with Crippen LogP contribution in [-0.4, -0.2) is 41.5 Å². The summed E-state index contributed by atoms with van der Waals surface area (Å²) in [5.74, 6) is 0.377. The SMILES string of the molecule is O=C1CCn2c(-c3ccc(N4CCNCC4)cc3)nc3cc(F)cc1c32. The van der Waals surface area contributed by atoms with E-state index in [9.17, 15) is 9.18 Å². The Morgan fingerprint density at radius 1 is 1.04 bits per heavy atom. The Morgan fingerprint density at radius 3 is 2.58 bits per heavy atom. The molecule has 26 heavy (non-hydrogen) atoms. The molecule has 132 valence electrons. The number of imidazole rings is 1. The van der Waals surface area contributed by atoms with Gasteiger partial charge in [-0.2, -0.15) is 0 Å². The highest BCUT2D eigenvalue weighted by Crippen LogP contribution is 2.32. The number of nitrogens with zero attached hydrogens (tertiary/aromatic N) is 3. The number of halogens is 1. The lowest BCUT2D eigenvalue weighted by atomic mass is 10.0. The Bertz CT molecular complexity index is 1000. The summed E-state index contributed by atoms with van der Waals surface area (Å²) in [7, 11) is 0. The molecule has 0 unspecified atom stereocenters. The molecule has 0 radical (unpaired) electrons. The highest BCUT2D eigenvalue weighted by Gasteiger charge is 2.25. The van der Waals surface area contributed by atoms with Crippen molar-refractivity contribution >= 4 is 22.5 Å². The fourth-order valence-corrected chi connectivity index (χ4v) is 3.98. The van der Waals surface area contributed by atoms with Gasteiger partial charge >= 0.3 is 0 Å². The number of anilines is 1. The van der Waals surface area contributed by atoms with Gasteiger partial charge in [0.2, 0.25) is 0 Å². The number of hydrogen-bond acceptors (Lipinski definition) is 4. The average Bonchev–Trinajstić information content (AvgIpc) is 3.04. The minimum absolute atomic E-state index is 0.0116. The van der Waals surface area contributed by atoms with E-state index in [4.69, 9.17) is 0 Å². The monoisotopic (exact) mass is 350 g/mol. The lowest BCUT2D eigenvalue weighted by Crippen LogP contribution is -2.43. The van der Waals surface area contributed by atoms with Crippen molar-refractivity contribution in [3.63, 3.8) is 0 Å². The molecule has 0 amide bonds. The van der Waals surface area contributed by atoms with Crippen LogP contribution >= 0.6 is 0 Å². The molecule has 2 aliphatic heterocycles. The van der Waals surface area contributed by atoms with Crippen LogP contribution in [0.15, 0.2) is 36.4 Å². The van der Waals surface area contributed by atoms with Crippen molar-refractivity contribution in [2.24, 2.45) is 0 Å². The zero-order chi connectivity index (χ0) is 17.7. The van der Waals surface area contributed by atoms with Crippen molar-refractivity contribution in [3.05, 3.63) is 47.8 Å². The molecule has 3 aromatic rings. The van der Waals surface area contributed by atoms with E-state index in [1.54, 1.807) is 0 Å². The molecule has 2 aromatic carbocycles. The van der Waals surface area contributed by atoms with Gasteiger partial charge in [-0.05, 0) is 30.3 Å². The highest BCUT2D eigenvalue weighted by atomic mass is 19.1. The summed E-state index contributed by atoms with van der Waals surface area (Å²) in [5.41, 5.74) is 3.94. The van der Waals surface area contributed by atoms with Gasteiger partial charge in [0, 0.05) is 62.0 Å². The number of piperazine rings is 1. The van der Waals surface area contributed by atoms with Crippen molar-refractivity contribution in [1.29, 1.82) is 0 Å². The number of rotatable bonds is 2. The molecule has 6 heteroatoms. The van der Waals surface area contributed by atoms with E-state index in [2.05, 4.69) is 39.5 Å². The number of aryl methyl sites for hydroxylation is 1. The molecule has 0 bridgehead atoms. The zero-order valence-electron chi connectivity index (χ0n) is 14.3. The number of nitrogens with one attached hydrogen (secondary N) is 1. The van der Waals surface area contributed by atoms with Crippen molar-refractivity contribution in [2.45, 2.75) is 13.0 Å². The van der Waals surface area contributed by atoms with E-state index in [1.807, 2.05) is 4.57 Å². The number of benzene rings is 2. The summed E-state index contributed by atoms with van der Waals surface area (Å²) < 4.78 is 15.9. The molecule has 0 spiro atoms. The molecular weight excluding hydrogens is 331 g/mol. The summed E-state index contributed by atoms with van der Waals surface area (Å²) in [4.78, 5) is 19.2. The fourth-order valence-electron chi connectivity index (χ4n) is 3.98. The predicted molar refractivity (Wildman–Crippen MR) is 99.2 cm³/mol. The Kier molecular flexibility index (Phi) is 3.53. The molecule has 1 aromatic heterocycles. The minimum Gasteiger partial charge on any atom is -0.369 e. The minimum atomic E-state index is -0.409. The first-order chi connectivity index (χ1) is 12.7. The second-order valence-electron chi connectivity index (χ2n) is 6.87. The van der Waals surface area contributed by atoms with Crippen LogP contribution in [0.1, 0.15) is 16.8 Å². The van der Waals surface area contributed by atoms with E-state index in [0.29, 0.717) is 24.0 Å². The van der Waals surface area contributed by atoms with Crippen molar-refractivity contribution < 1.29 is 9.18 Å². The van der Waals surface area contributed by atoms with E-state index in [-0.39, 0.29) is 5.78 Å². The number of ketones is 1. The second kappa shape index (κ2) is 5.92. The molecule has 2 aliphatic rings. The number of Topliss-reactive ketones (excluding diaryl/α,β-unsaturated/α-hetero) is 1. The first-order valence-corrected chi connectivity index (χ1v) is 9.00. The lowest BCUT2D eigenvalue weighted by molar-refractivity contribution is 0.0973. The van der Waals surface area contributed by atoms with Crippen LogP contribution in [0, 0.1) is 5.82 Å². The van der Waals surface area contributed by atoms with Gasteiger partial charge in [0.05, 0.1) is 11.0 Å². The van der Waals surface area contributed by atoms with Gasteiger partial charge in [-0.1, -0.05) is 0 Å². The summed E-state index contributed by atoms with van der Waals surface area (Å²) in [5, 5.41) is 3.36. The maximum Gasteiger partial charge on any atom is 0.166 e. The van der Waals surface area contributed by atoms with Crippen LogP contribution in [-0.2, 0) is 6.54 Å². The smallest absolute Gasteiger partial charge is 0.166 e. The summed E-state index contributed by atoms with van der Waals surface area (Å²) in [6.07, 6.45) is 0.383. The maximum absolute atomic E-state index is 13.9. The standard InChI is InChI=1S/C20H19FN4O/c21-14-11-16-18(26)5-8-25-19(16)17(12-14)23-20(25)13-1-3-15(4-2-13)24-9-6-22-7-10-24/h1-4,11-12,22H,5-10H2. The van der Waals surface area contributed by atoms with Crippen molar-refractivity contribution in [3.8, 4) is 11.4 Å². The topological polar surface area (TPSA) is 50.2 Å². The van der Waals surface area contributed by atoms with Gasteiger partial charge in [-0.3, -0.25) is 4.79 Å². The third-order valence-electron chi connectivity index (χ3n) is 5.28. The van der Waals surface area contributed by atoms with E-state index in [0.717, 1.165) is 43.1 Å². The van der Waals surface area contributed by atoms with Crippen LogP contribution in [0.25, 0.3) is 22.4 Å². The third-order valence-corrected chi connectivity index (χ3v) is 5.28. The van der Waals surface area contributed by atoms with E-state index < -0.39 is 5.82 Å². The van der Waals surface area contributed by atoms with Gasteiger partial charge in [0.1, 0.15) is 11.6 Å². The number of hydrogen-bond donors (Lipinski definition) is 1. The Morgan fingerprint density at radius 2 is 1.81 bits per heavy atom. The van der Waals surface area contributed by atoms with E-state index >= 15 is 0 Å². The molecule has 0 atom stereocenters. The van der Waals surface area contributed by atoms with Crippen molar-refractivity contribution in [2.75, 3.05) is 31.1 Å². The number of aromatic nitrogens is 2. The first kappa shape index (κ1) is 15.5. The molecule has 3 heterocycles. The van der Waals surface area contributed by atoms with Crippen LogP contribution in [0.2, 0.25) is 0 Å². The van der Waals surface area contributed by atoms with Gasteiger partial charge in [0.25, 0.3) is 0 Å². The van der Waals surface area contributed by atoms with E-state index in [1.165, 1.54) is 17.8 Å². The predicted octanol–water partition coefficient (Wildman–Crippen LogP) is 2.84. The fraction of sp³-hybridized carbons (Fsp3) is 0.300. The van der Waals surface area contributed by atoms with Gasteiger partial charge in [-0.25, -0.2) is 9.37 Å². The molecule has 5 nitrogen and oxygen atoms in total. The van der Waals surface area contributed by atoms with Crippen molar-refractivity contribution in [1.82, 2.24) is 14.9 Å². The number of carbonyl (C=O) groups excluding carboxylic acids is 1. The zero-order valence-corrected chi connectivity index (χ0v) is 14.3. The Labute approximate surface area is 150 Å². The van der Waals surface area contributed by atoms with Crippen LogP contribution in [0.5, 0.6) is 0 Å². The maximum atomic E-state index is 13.9. The largest absolute Gasteiger partial charge is 0.369 e. The van der Waals surface area contributed by atoms with Gasteiger partial charge < -0.3 is 14.8 Å². The van der Waals surface area contributed by atoms with Gasteiger partial charge in [-0.15, -0.1) is 0 Å². The highest BCUT2D eigenvalue weighted by molar-refractivity contribution is 6.08. The first-order valence-electron chi connectivity index (χ1n) is 9.00.